The molecule has 1 aromatic heterocycles. The molecule has 0 aliphatic carbocycles. The summed E-state index contributed by atoms with van der Waals surface area (Å²) in [4.78, 5) is 10.2. The molecule has 2 aromatic carbocycles. The zero-order valence-corrected chi connectivity index (χ0v) is 15.5. The second-order valence-corrected chi connectivity index (χ2v) is 6.08. The summed E-state index contributed by atoms with van der Waals surface area (Å²) < 4.78 is 2.08. The van der Waals surface area contributed by atoms with Crippen molar-refractivity contribution in [1.82, 2.24) is 0 Å². The highest BCUT2D eigenvalue weighted by Crippen LogP contribution is 2.28. The van der Waals surface area contributed by atoms with Crippen LogP contribution in [0.3, 0.4) is 0 Å². The van der Waals surface area contributed by atoms with Crippen molar-refractivity contribution in [2.75, 3.05) is 11.9 Å². The summed E-state index contributed by atoms with van der Waals surface area (Å²) in [7, 11) is 0. The number of anilines is 1. The van der Waals surface area contributed by atoms with Gasteiger partial charge in [-0.3, -0.25) is 10.1 Å². The van der Waals surface area contributed by atoms with E-state index >= 15 is 0 Å². The Morgan fingerprint density at radius 3 is 2.29 bits per heavy atom. The standard InChI is InChI=1S/C19H17ClN5O2.H2O/c20-18-14-16(23-22-15-4-7-17(8-5-15)25(26)27)6-9-19(18)21-10-13-24-11-2-1-3-12-24;/h1-9,11-12,14,21H,10,13H2;1H2/q+1;/p-1. The van der Waals surface area contributed by atoms with Crippen molar-refractivity contribution in [3.05, 3.63) is 88.2 Å². The average molecular weight is 400 g/mol. The number of nitrogens with one attached hydrogen (secondary N) is 1. The van der Waals surface area contributed by atoms with E-state index in [0.29, 0.717) is 16.4 Å². The van der Waals surface area contributed by atoms with Crippen LogP contribution in [0.25, 0.3) is 0 Å². The molecular weight excluding hydrogens is 382 g/mol. The van der Waals surface area contributed by atoms with Crippen LogP contribution in [0.5, 0.6) is 0 Å². The van der Waals surface area contributed by atoms with Gasteiger partial charge in [-0.2, -0.15) is 10.2 Å². The van der Waals surface area contributed by atoms with E-state index < -0.39 is 4.92 Å². The molecule has 1 heterocycles. The van der Waals surface area contributed by atoms with Gasteiger partial charge < -0.3 is 10.8 Å². The zero-order chi connectivity index (χ0) is 19.1. The van der Waals surface area contributed by atoms with Crippen LogP contribution in [0.1, 0.15) is 0 Å². The zero-order valence-electron chi connectivity index (χ0n) is 14.8. The molecule has 0 saturated carbocycles. The van der Waals surface area contributed by atoms with Crippen molar-refractivity contribution in [2.45, 2.75) is 6.54 Å². The van der Waals surface area contributed by atoms with Crippen molar-refractivity contribution in [2.24, 2.45) is 10.2 Å². The Kier molecular flexibility index (Phi) is 7.55. The van der Waals surface area contributed by atoms with Crippen LogP contribution >= 0.6 is 11.6 Å². The lowest BCUT2D eigenvalue weighted by atomic mass is 10.3. The van der Waals surface area contributed by atoms with Gasteiger partial charge >= 0.3 is 0 Å². The van der Waals surface area contributed by atoms with Gasteiger partial charge in [-0.05, 0) is 30.3 Å². The van der Waals surface area contributed by atoms with Crippen molar-refractivity contribution in [3.8, 4) is 0 Å². The fourth-order valence-electron chi connectivity index (χ4n) is 2.37. The largest absolute Gasteiger partial charge is 0.870 e. The quantitative estimate of drug-likeness (QED) is 0.263. The number of azo groups is 1. The number of aromatic nitrogens is 1. The van der Waals surface area contributed by atoms with Gasteiger partial charge in [0.25, 0.3) is 5.69 Å². The van der Waals surface area contributed by atoms with Gasteiger partial charge in [0.2, 0.25) is 0 Å². The van der Waals surface area contributed by atoms with Crippen LogP contribution in [0.15, 0.2) is 83.3 Å². The Balaban J connectivity index is 0.00000280. The Labute approximate surface area is 166 Å². The van der Waals surface area contributed by atoms with Crippen LogP contribution in [-0.4, -0.2) is 16.9 Å². The number of nitro groups is 1. The highest BCUT2D eigenvalue weighted by molar-refractivity contribution is 6.33. The smallest absolute Gasteiger partial charge is 0.269 e. The number of non-ortho nitro benzene ring substituents is 1. The molecule has 0 amide bonds. The molecule has 0 bridgehead atoms. The average Bonchev–Trinajstić information content (AvgIpc) is 2.69. The molecule has 0 saturated heterocycles. The molecule has 9 heteroatoms. The van der Waals surface area contributed by atoms with E-state index in [9.17, 15) is 10.1 Å². The number of hydrogen-bond donors (Lipinski definition) is 1. The Morgan fingerprint density at radius 1 is 1.00 bits per heavy atom. The molecule has 144 valence electrons. The van der Waals surface area contributed by atoms with Gasteiger partial charge in [0.15, 0.2) is 18.9 Å². The minimum absolute atomic E-state index is 0. The fourth-order valence-corrected chi connectivity index (χ4v) is 2.61. The predicted molar refractivity (Wildman–Crippen MR) is 106 cm³/mol. The van der Waals surface area contributed by atoms with E-state index in [1.165, 1.54) is 12.1 Å². The summed E-state index contributed by atoms with van der Waals surface area (Å²) in [5, 5.41) is 22.7. The van der Waals surface area contributed by atoms with Crippen LogP contribution in [0, 0.1) is 10.1 Å². The second-order valence-electron chi connectivity index (χ2n) is 5.68. The summed E-state index contributed by atoms with van der Waals surface area (Å²) in [5.74, 6) is 0. The third-order valence-electron chi connectivity index (χ3n) is 3.76. The minimum Gasteiger partial charge on any atom is -0.870 e. The van der Waals surface area contributed by atoms with Crippen LogP contribution < -0.4 is 9.88 Å². The van der Waals surface area contributed by atoms with Crippen LogP contribution in [0.2, 0.25) is 5.02 Å². The van der Waals surface area contributed by atoms with Crippen molar-refractivity contribution >= 4 is 34.4 Å². The van der Waals surface area contributed by atoms with Crippen molar-refractivity contribution < 1.29 is 15.0 Å². The SMILES string of the molecule is O=[N+]([O-])c1ccc(N=Nc2ccc(NCC[n+]3ccccc3)c(Cl)c2)cc1.[OH-]. The maximum atomic E-state index is 10.6. The first-order valence-corrected chi connectivity index (χ1v) is 8.63. The maximum Gasteiger partial charge on any atom is 0.269 e. The summed E-state index contributed by atoms with van der Waals surface area (Å²) in [5.41, 5.74) is 1.96. The molecule has 2 N–H and O–H groups in total. The van der Waals surface area contributed by atoms with Crippen molar-refractivity contribution in [1.29, 1.82) is 0 Å². The lowest BCUT2D eigenvalue weighted by Gasteiger charge is -2.07. The number of rotatable bonds is 7. The summed E-state index contributed by atoms with van der Waals surface area (Å²) in [6.07, 6.45) is 4.01. The first kappa shape index (κ1) is 20.9. The molecule has 0 radical (unpaired) electrons. The van der Waals surface area contributed by atoms with Gasteiger partial charge in [0.1, 0.15) is 0 Å². The molecular formula is C19H18ClN5O3. The lowest BCUT2D eigenvalue weighted by Crippen LogP contribution is -2.35. The van der Waals surface area contributed by atoms with E-state index in [1.54, 1.807) is 24.3 Å². The highest BCUT2D eigenvalue weighted by atomic mass is 35.5. The summed E-state index contributed by atoms with van der Waals surface area (Å²) in [6.45, 7) is 1.55. The molecule has 0 fully saturated rings. The second kappa shape index (κ2) is 10.1. The van der Waals surface area contributed by atoms with Gasteiger partial charge in [-0.1, -0.05) is 17.7 Å². The molecule has 8 nitrogen and oxygen atoms in total. The number of nitrogens with zero attached hydrogens (tertiary/aromatic N) is 4. The summed E-state index contributed by atoms with van der Waals surface area (Å²) in [6, 6.07) is 17.2. The molecule has 0 aliphatic rings. The van der Waals surface area contributed by atoms with E-state index in [4.69, 9.17) is 11.6 Å². The van der Waals surface area contributed by atoms with Gasteiger partial charge in [-0.15, -0.1) is 0 Å². The Morgan fingerprint density at radius 2 is 1.64 bits per heavy atom. The molecule has 0 spiro atoms. The maximum absolute atomic E-state index is 10.6. The van der Waals surface area contributed by atoms with Crippen LogP contribution in [0.4, 0.5) is 22.7 Å². The minimum atomic E-state index is -0.456. The topological polar surface area (TPSA) is 114 Å². The number of nitro benzene ring substituents is 1. The van der Waals surface area contributed by atoms with E-state index in [2.05, 4.69) is 20.1 Å². The molecule has 0 unspecified atom stereocenters. The monoisotopic (exact) mass is 399 g/mol. The third-order valence-corrected chi connectivity index (χ3v) is 4.07. The van der Waals surface area contributed by atoms with Crippen LogP contribution in [-0.2, 0) is 6.54 Å². The highest BCUT2D eigenvalue weighted by Gasteiger charge is 2.05. The number of hydrogen-bond acceptors (Lipinski definition) is 6. The van der Waals surface area contributed by atoms with Gasteiger partial charge in [0, 0.05) is 24.3 Å². The normalized spacial score (nSPS) is 10.5. The molecule has 0 atom stereocenters. The Hall–Kier alpha value is -3.36. The van der Waals surface area contributed by atoms with Gasteiger partial charge in [0.05, 0.1) is 33.6 Å². The Bertz CT molecular complexity index is 950. The number of halogens is 1. The fraction of sp³-hybridized carbons (Fsp3) is 0.105. The molecule has 0 aliphatic heterocycles. The van der Waals surface area contributed by atoms with Gasteiger partial charge in [-0.25, -0.2) is 4.57 Å². The predicted octanol–water partition coefficient (Wildman–Crippen LogP) is 4.89. The molecule has 28 heavy (non-hydrogen) atoms. The van der Waals surface area contributed by atoms with E-state index in [1.807, 2.05) is 36.7 Å². The van der Waals surface area contributed by atoms with Crippen molar-refractivity contribution in [3.63, 3.8) is 0 Å². The van der Waals surface area contributed by atoms with E-state index in [0.717, 1.165) is 18.8 Å². The number of pyridine rings is 1. The number of benzene rings is 2. The molecule has 3 rings (SSSR count). The summed E-state index contributed by atoms with van der Waals surface area (Å²) >= 11 is 6.30. The first-order valence-electron chi connectivity index (χ1n) is 8.25. The lowest BCUT2D eigenvalue weighted by molar-refractivity contribution is -0.694. The third kappa shape index (κ3) is 5.83. The van der Waals surface area contributed by atoms with E-state index in [-0.39, 0.29) is 11.2 Å². The molecule has 3 aromatic rings. The first-order chi connectivity index (χ1) is 13.1.